The number of nitrogens with one attached hydrogen (secondary N) is 1. The van der Waals surface area contributed by atoms with E-state index in [1.807, 2.05) is 6.07 Å². The van der Waals surface area contributed by atoms with Gasteiger partial charge < -0.3 is 4.98 Å². The second-order valence-corrected chi connectivity index (χ2v) is 5.57. The third kappa shape index (κ3) is 2.34. The lowest BCUT2D eigenvalue weighted by atomic mass is 10.2. The zero-order chi connectivity index (χ0) is 12.5. The van der Waals surface area contributed by atoms with Crippen molar-refractivity contribution in [3.63, 3.8) is 0 Å². The topological polar surface area (TPSA) is 86.6 Å². The number of benzene rings is 1. The van der Waals surface area contributed by atoms with E-state index in [1.165, 1.54) is 18.3 Å². The van der Waals surface area contributed by atoms with Crippen LogP contribution in [0.1, 0.15) is 5.82 Å². The quantitative estimate of drug-likeness (QED) is 0.867. The third-order valence-electron chi connectivity index (χ3n) is 2.28. The van der Waals surface area contributed by atoms with Crippen LogP contribution in [-0.2, 0) is 9.84 Å². The molecule has 86 valence electrons. The minimum absolute atomic E-state index is 0.229. The molecule has 2 aromatic rings. The summed E-state index contributed by atoms with van der Waals surface area (Å²) in [5.41, 5.74) is 1.47. The van der Waals surface area contributed by atoms with Crippen LogP contribution in [0.2, 0.25) is 0 Å². The number of nitrogens with zero attached hydrogens (tertiary/aromatic N) is 2. The zero-order valence-corrected chi connectivity index (χ0v) is 9.82. The molecule has 1 aromatic heterocycles. The molecule has 17 heavy (non-hydrogen) atoms. The van der Waals surface area contributed by atoms with Crippen LogP contribution >= 0.6 is 0 Å². The molecule has 0 amide bonds. The van der Waals surface area contributed by atoms with E-state index in [1.54, 1.807) is 12.1 Å². The van der Waals surface area contributed by atoms with E-state index >= 15 is 0 Å². The third-order valence-corrected chi connectivity index (χ3v) is 3.40. The van der Waals surface area contributed by atoms with Gasteiger partial charge >= 0.3 is 0 Å². The summed E-state index contributed by atoms with van der Waals surface area (Å²) in [6.07, 6.45) is 2.69. The molecule has 0 aliphatic carbocycles. The first-order valence-corrected chi connectivity index (χ1v) is 6.65. The van der Waals surface area contributed by atoms with E-state index in [-0.39, 0.29) is 10.7 Å². The fraction of sp³-hybridized carbons (Fsp3) is 0.0909. The van der Waals surface area contributed by atoms with Gasteiger partial charge in [0.25, 0.3) is 0 Å². The first-order chi connectivity index (χ1) is 8.00. The number of hydrogen-bond donors (Lipinski definition) is 1. The SMILES string of the molecule is CS(=O)(=O)c1ccc(-c2cnc(C#N)[nH]2)cc1. The van der Waals surface area contributed by atoms with Gasteiger partial charge in [-0.15, -0.1) is 0 Å². The Hall–Kier alpha value is -2.13. The average Bonchev–Trinajstić information content (AvgIpc) is 2.76. The van der Waals surface area contributed by atoms with Crippen molar-refractivity contribution in [2.45, 2.75) is 4.90 Å². The van der Waals surface area contributed by atoms with Gasteiger partial charge in [0.1, 0.15) is 6.07 Å². The summed E-state index contributed by atoms with van der Waals surface area (Å²) in [6.45, 7) is 0. The van der Waals surface area contributed by atoms with Gasteiger partial charge in [0, 0.05) is 6.26 Å². The van der Waals surface area contributed by atoms with Crippen molar-refractivity contribution in [1.29, 1.82) is 5.26 Å². The summed E-state index contributed by atoms with van der Waals surface area (Å²) in [7, 11) is -3.18. The maximum absolute atomic E-state index is 11.3. The molecule has 2 rings (SSSR count). The normalized spacial score (nSPS) is 11.1. The highest BCUT2D eigenvalue weighted by Gasteiger charge is 2.07. The molecule has 1 aromatic carbocycles. The summed E-state index contributed by atoms with van der Waals surface area (Å²) in [5.74, 6) is 0.229. The van der Waals surface area contributed by atoms with E-state index < -0.39 is 9.84 Å². The molecule has 0 saturated carbocycles. The molecule has 1 heterocycles. The Morgan fingerprint density at radius 3 is 2.41 bits per heavy atom. The molecule has 0 aliphatic rings. The first-order valence-electron chi connectivity index (χ1n) is 4.76. The van der Waals surface area contributed by atoms with Crippen molar-refractivity contribution < 1.29 is 8.42 Å². The lowest BCUT2D eigenvalue weighted by Crippen LogP contribution is -1.96. The predicted octanol–water partition coefficient (Wildman–Crippen LogP) is 1.35. The molecule has 0 unspecified atom stereocenters. The Morgan fingerprint density at radius 2 is 1.94 bits per heavy atom. The number of aromatic amines is 1. The van der Waals surface area contributed by atoms with E-state index in [9.17, 15) is 8.42 Å². The van der Waals surface area contributed by atoms with Crippen molar-refractivity contribution in [2.24, 2.45) is 0 Å². The van der Waals surface area contributed by atoms with Crippen LogP contribution in [0.3, 0.4) is 0 Å². The number of nitriles is 1. The molecule has 0 fully saturated rings. The molecule has 5 nitrogen and oxygen atoms in total. The van der Waals surface area contributed by atoms with Gasteiger partial charge in [0.15, 0.2) is 9.84 Å². The molecule has 0 aliphatic heterocycles. The van der Waals surface area contributed by atoms with Gasteiger partial charge in [-0.3, -0.25) is 0 Å². The van der Waals surface area contributed by atoms with Crippen LogP contribution in [0.25, 0.3) is 11.3 Å². The molecule has 6 heteroatoms. The second kappa shape index (κ2) is 4.03. The second-order valence-electron chi connectivity index (χ2n) is 3.55. The molecular weight excluding hydrogens is 238 g/mol. The summed E-state index contributed by atoms with van der Waals surface area (Å²) in [6, 6.07) is 8.28. The molecule has 0 radical (unpaired) electrons. The lowest BCUT2D eigenvalue weighted by molar-refractivity contribution is 0.602. The molecule has 1 N–H and O–H groups in total. The van der Waals surface area contributed by atoms with Crippen molar-refractivity contribution >= 4 is 9.84 Å². The van der Waals surface area contributed by atoms with E-state index in [2.05, 4.69) is 9.97 Å². The Morgan fingerprint density at radius 1 is 1.29 bits per heavy atom. The Bertz CT molecular complexity index is 678. The highest BCUT2D eigenvalue weighted by Crippen LogP contribution is 2.19. The van der Waals surface area contributed by atoms with Gasteiger partial charge in [0.2, 0.25) is 5.82 Å². The van der Waals surface area contributed by atoms with Crippen molar-refractivity contribution in [2.75, 3.05) is 6.26 Å². The Balaban J connectivity index is 2.40. The van der Waals surface area contributed by atoms with E-state index in [4.69, 9.17) is 5.26 Å². The summed E-state index contributed by atoms with van der Waals surface area (Å²) >= 11 is 0. The van der Waals surface area contributed by atoms with Crippen LogP contribution in [-0.4, -0.2) is 24.6 Å². The number of aromatic nitrogens is 2. The largest absolute Gasteiger partial charge is 0.329 e. The average molecular weight is 247 g/mol. The number of H-pyrrole nitrogens is 1. The summed E-state index contributed by atoms with van der Waals surface area (Å²) in [5, 5.41) is 8.63. The van der Waals surface area contributed by atoms with Crippen molar-refractivity contribution in [1.82, 2.24) is 9.97 Å². The van der Waals surface area contributed by atoms with Crippen molar-refractivity contribution in [3.05, 3.63) is 36.3 Å². The molecular formula is C11H9N3O2S. The van der Waals surface area contributed by atoms with Gasteiger partial charge in [0.05, 0.1) is 16.8 Å². The van der Waals surface area contributed by atoms with Crippen LogP contribution < -0.4 is 0 Å². The molecule has 0 bridgehead atoms. The first kappa shape index (κ1) is 11.4. The summed E-state index contributed by atoms with van der Waals surface area (Å²) < 4.78 is 22.5. The monoisotopic (exact) mass is 247 g/mol. The van der Waals surface area contributed by atoms with E-state index in [0.29, 0.717) is 5.69 Å². The minimum Gasteiger partial charge on any atom is -0.329 e. The van der Waals surface area contributed by atoms with Gasteiger partial charge in [-0.2, -0.15) is 5.26 Å². The fourth-order valence-corrected chi connectivity index (χ4v) is 2.04. The van der Waals surface area contributed by atoms with Gasteiger partial charge in [-0.05, 0) is 17.7 Å². The zero-order valence-electron chi connectivity index (χ0n) is 9.01. The number of imidazole rings is 1. The van der Waals surface area contributed by atoms with Crippen molar-refractivity contribution in [3.8, 4) is 17.3 Å². The van der Waals surface area contributed by atoms with E-state index in [0.717, 1.165) is 11.8 Å². The number of rotatable bonds is 2. The standard InChI is InChI=1S/C11H9N3O2S/c1-17(15,16)9-4-2-8(3-5-9)10-7-13-11(6-12)14-10/h2-5,7H,1H3,(H,13,14). The molecule has 0 saturated heterocycles. The Labute approximate surface area is 98.7 Å². The molecule has 0 atom stereocenters. The number of sulfone groups is 1. The van der Waals surface area contributed by atoms with Gasteiger partial charge in [-0.1, -0.05) is 12.1 Å². The van der Waals surface area contributed by atoms with Crippen LogP contribution in [0.15, 0.2) is 35.4 Å². The Kier molecular flexibility index (Phi) is 2.69. The van der Waals surface area contributed by atoms with Crippen LogP contribution in [0, 0.1) is 11.3 Å². The van der Waals surface area contributed by atoms with Crippen LogP contribution in [0.5, 0.6) is 0 Å². The maximum atomic E-state index is 11.3. The predicted molar refractivity (Wildman–Crippen MR) is 61.8 cm³/mol. The minimum atomic E-state index is -3.18. The van der Waals surface area contributed by atoms with Gasteiger partial charge in [-0.25, -0.2) is 13.4 Å². The smallest absolute Gasteiger partial charge is 0.210 e. The lowest BCUT2D eigenvalue weighted by Gasteiger charge is -2.00. The van der Waals surface area contributed by atoms with Crippen LogP contribution in [0.4, 0.5) is 0 Å². The number of hydrogen-bond acceptors (Lipinski definition) is 4. The fourth-order valence-electron chi connectivity index (χ4n) is 1.41. The highest BCUT2D eigenvalue weighted by atomic mass is 32.2. The maximum Gasteiger partial charge on any atom is 0.210 e. The summed E-state index contributed by atoms with van der Waals surface area (Å²) in [4.78, 5) is 6.93. The highest BCUT2D eigenvalue weighted by molar-refractivity contribution is 7.90. The molecule has 0 spiro atoms.